The second kappa shape index (κ2) is 15.4. The van der Waals surface area contributed by atoms with Crippen LogP contribution >= 0.6 is 0 Å². The molecule has 17 rings (SSSR count). The van der Waals surface area contributed by atoms with Crippen LogP contribution in [0.3, 0.4) is 0 Å². The zero-order chi connectivity index (χ0) is 49.6. The number of aromatic nitrogens is 9. The zero-order valence-electron chi connectivity index (χ0n) is 40.2. The Balaban J connectivity index is 0.676. The molecular formula is C65H37N9O2. The Morgan fingerprint density at radius 3 is 1.03 bits per heavy atom. The summed E-state index contributed by atoms with van der Waals surface area (Å²) in [6.45, 7) is 0. The molecule has 0 saturated heterocycles. The smallest absolute Gasteiger partial charge is 0.250 e. The van der Waals surface area contributed by atoms with E-state index in [1.165, 1.54) is 43.6 Å². The summed E-state index contributed by atoms with van der Waals surface area (Å²) in [4.78, 5) is 23.6. The third kappa shape index (κ3) is 5.84. The average Bonchev–Trinajstić information content (AvgIpc) is 4.41. The average molecular weight is 976 g/mol. The van der Waals surface area contributed by atoms with Gasteiger partial charge in [-0.2, -0.15) is 4.98 Å². The van der Waals surface area contributed by atoms with E-state index in [9.17, 15) is 0 Å². The minimum atomic E-state index is 0.376. The number of oxazole rings is 2. The third-order valence-electron chi connectivity index (χ3n) is 15.3. The Morgan fingerprint density at radius 2 is 0.618 bits per heavy atom. The van der Waals surface area contributed by atoms with Crippen LogP contribution in [0.5, 0.6) is 0 Å². The minimum Gasteiger partial charge on any atom is -0.418 e. The molecule has 0 unspecified atom stereocenters. The maximum atomic E-state index is 6.32. The van der Waals surface area contributed by atoms with Crippen molar-refractivity contribution in [1.82, 2.24) is 43.2 Å². The van der Waals surface area contributed by atoms with Crippen molar-refractivity contribution in [3.05, 3.63) is 225 Å². The van der Waals surface area contributed by atoms with Crippen molar-refractivity contribution >= 4 is 110 Å². The first-order valence-corrected chi connectivity index (χ1v) is 25.2. The van der Waals surface area contributed by atoms with Crippen molar-refractivity contribution in [2.45, 2.75) is 0 Å². The molecule has 0 fully saturated rings. The number of para-hydroxylation sites is 4. The van der Waals surface area contributed by atoms with Crippen LogP contribution < -0.4 is 0 Å². The van der Waals surface area contributed by atoms with Gasteiger partial charge in [0.15, 0.2) is 0 Å². The van der Waals surface area contributed by atoms with Crippen LogP contribution in [-0.2, 0) is 0 Å². The number of hydrogen-bond acceptors (Lipinski definition) is 7. The molecule has 0 N–H and O–H groups in total. The number of pyridine rings is 3. The molecule has 0 atom stereocenters. The molecular weight excluding hydrogens is 939 g/mol. The van der Waals surface area contributed by atoms with Gasteiger partial charge in [0.1, 0.15) is 11.0 Å². The van der Waals surface area contributed by atoms with Crippen LogP contribution in [0.4, 0.5) is 0 Å². The van der Waals surface area contributed by atoms with Gasteiger partial charge in [0, 0.05) is 108 Å². The minimum absolute atomic E-state index is 0.376. The first kappa shape index (κ1) is 40.9. The Hall–Kier alpha value is -10.7. The fraction of sp³-hybridized carbons (Fsp3) is 0. The summed E-state index contributed by atoms with van der Waals surface area (Å²) in [5.41, 5.74) is 16.8. The van der Waals surface area contributed by atoms with Crippen molar-refractivity contribution < 1.29 is 8.83 Å². The van der Waals surface area contributed by atoms with Crippen LogP contribution in [0.2, 0.25) is 0 Å². The first-order chi connectivity index (χ1) is 37.7. The lowest BCUT2D eigenvalue weighted by Gasteiger charge is -2.10. The van der Waals surface area contributed by atoms with Gasteiger partial charge in [-0.1, -0.05) is 72.8 Å². The van der Waals surface area contributed by atoms with E-state index in [2.05, 4.69) is 198 Å². The van der Waals surface area contributed by atoms with E-state index in [1.54, 1.807) is 0 Å². The molecule has 0 bridgehead atoms. The molecule has 76 heavy (non-hydrogen) atoms. The molecule has 9 heterocycles. The Bertz CT molecular complexity index is 4760. The molecule has 8 aromatic carbocycles. The highest BCUT2D eigenvalue weighted by molar-refractivity contribution is 6.14. The molecule has 0 saturated carbocycles. The summed E-state index contributed by atoms with van der Waals surface area (Å²) in [6.07, 6.45) is 7.62. The zero-order valence-corrected chi connectivity index (χ0v) is 40.2. The Kier molecular flexibility index (Phi) is 8.30. The van der Waals surface area contributed by atoms with Crippen LogP contribution in [0.15, 0.2) is 234 Å². The quantitative estimate of drug-likeness (QED) is 0.163. The fourth-order valence-electron chi connectivity index (χ4n) is 11.9. The predicted octanol–water partition coefficient (Wildman–Crippen LogP) is 15.9. The maximum Gasteiger partial charge on any atom is 0.250 e. The Labute approximate surface area is 430 Å². The molecule has 9 aromatic heterocycles. The summed E-state index contributed by atoms with van der Waals surface area (Å²) >= 11 is 0. The normalized spacial score (nSPS) is 12.2. The van der Waals surface area contributed by atoms with Gasteiger partial charge in [0.2, 0.25) is 11.8 Å². The van der Waals surface area contributed by atoms with E-state index in [-0.39, 0.29) is 0 Å². The molecule has 0 aliphatic carbocycles. The van der Waals surface area contributed by atoms with Gasteiger partial charge in [-0.05, 0) is 121 Å². The molecule has 11 heteroatoms. The van der Waals surface area contributed by atoms with Crippen molar-refractivity contribution in [3.8, 4) is 45.7 Å². The number of rotatable bonds is 6. The standard InChI is InChI=1S/C65H37N9O2/c1-5-13-54-44(9-1)45-10-2-6-14-55(45)73(54)42-25-27-58-48(33-42)50-36-66-31-29-60(50)71(58)40-21-17-38(18-22-40)62-68-52-35-53-65(70-64(52)75-62)76-63(69-53)39-19-23-41(24-20-39)72-59-28-26-43(34-49(59)51-37-67-32-30-61(51)72)74-56-15-7-3-11-46(56)47-12-4-8-16-57(47)74/h1-37H. The first-order valence-electron chi connectivity index (χ1n) is 25.2. The lowest BCUT2D eigenvalue weighted by Crippen LogP contribution is -1.96. The third-order valence-corrected chi connectivity index (χ3v) is 15.3. The monoisotopic (exact) mass is 975 g/mol. The highest BCUT2D eigenvalue weighted by atomic mass is 16.4. The fourth-order valence-corrected chi connectivity index (χ4v) is 11.9. The van der Waals surface area contributed by atoms with Crippen LogP contribution in [-0.4, -0.2) is 43.2 Å². The van der Waals surface area contributed by atoms with Gasteiger partial charge in [-0.3, -0.25) is 9.97 Å². The Morgan fingerprint density at radius 1 is 0.276 bits per heavy atom. The van der Waals surface area contributed by atoms with Crippen molar-refractivity contribution in [2.24, 2.45) is 0 Å². The summed E-state index contributed by atoms with van der Waals surface area (Å²) in [6, 6.07) is 70.4. The molecule has 0 aliphatic heterocycles. The largest absolute Gasteiger partial charge is 0.418 e. The molecule has 0 aliphatic rings. The van der Waals surface area contributed by atoms with Crippen molar-refractivity contribution in [2.75, 3.05) is 0 Å². The maximum absolute atomic E-state index is 6.32. The summed E-state index contributed by atoms with van der Waals surface area (Å²) in [5.74, 6) is 0.923. The number of fused-ring (bicyclic) bond motifs is 14. The van der Waals surface area contributed by atoms with E-state index in [0.29, 0.717) is 34.2 Å². The van der Waals surface area contributed by atoms with E-state index in [1.807, 2.05) is 55.1 Å². The van der Waals surface area contributed by atoms with Gasteiger partial charge < -0.3 is 27.1 Å². The van der Waals surface area contributed by atoms with Gasteiger partial charge >= 0.3 is 0 Å². The second-order valence-corrected chi connectivity index (χ2v) is 19.4. The summed E-state index contributed by atoms with van der Waals surface area (Å²) in [7, 11) is 0. The topological polar surface area (TPSA) is 110 Å². The van der Waals surface area contributed by atoms with Crippen molar-refractivity contribution in [1.29, 1.82) is 0 Å². The van der Waals surface area contributed by atoms with Gasteiger partial charge in [0.25, 0.3) is 11.4 Å². The lowest BCUT2D eigenvalue weighted by atomic mass is 10.1. The predicted molar refractivity (Wildman–Crippen MR) is 303 cm³/mol. The highest BCUT2D eigenvalue weighted by Gasteiger charge is 2.21. The van der Waals surface area contributed by atoms with Crippen LogP contribution in [0.25, 0.3) is 155 Å². The molecule has 11 nitrogen and oxygen atoms in total. The number of nitrogens with zero attached hydrogens (tertiary/aromatic N) is 9. The molecule has 17 aromatic rings. The number of benzene rings is 8. The van der Waals surface area contributed by atoms with Crippen LogP contribution in [0.1, 0.15) is 0 Å². The van der Waals surface area contributed by atoms with Gasteiger partial charge in [-0.25, -0.2) is 9.97 Å². The SMILES string of the molecule is c1ccc2c(c1)c1ccccc1n2-c1ccc2c(c1)c1cnccc1n2-c1ccc(-c2nc3cc4nc(-c5ccc(-n6c7ccncc7c7cc(-n8c9ccccc9c9ccccc98)ccc76)cc5)oc4nc3o2)cc1. The van der Waals surface area contributed by atoms with E-state index in [0.717, 1.165) is 77.5 Å². The molecule has 0 spiro atoms. The van der Waals surface area contributed by atoms with E-state index < -0.39 is 0 Å². The lowest BCUT2D eigenvalue weighted by molar-refractivity contribution is 0.588. The molecule has 0 amide bonds. The van der Waals surface area contributed by atoms with E-state index >= 15 is 0 Å². The van der Waals surface area contributed by atoms with E-state index in [4.69, 9.17) is 23.8 Å². The summed E-state index contributed by atoms with van der Waals surface area (Å²) < 4.78 is 21.9. The van der Waals surface area contributed by atoms with Crippen LogP contribution in [0, 0.1) is 0 Å². The van der Waals surface area contributed by atoms with Gasteiger partial charge in [0.05, 0.1) is 44.1 Å². The summed E-state index contributed by atoms with van der Waals surface area (Å²) in [5, 5.41) is 9.34. The second-order valence-electron chi connectivity index (χ2n) is 19.4. The molecule has 354 valence electrons. The number of hydrogen-bond donors (Lipinski definition) is 0. The highest BCUT2D eigenvalue weighted by Crippen LogP contribution is 2.40. The van der Waals surface area contributed by atoms with Crippen molar-refractivity contribution in [3.63, 3.8) is 0 Å². The van der Waals surface area contributed by atoms with Gasteiger partial charge in [-0.15, -0.1) is 0 Å². The molecule has 0 radical (unpaired) electrons.